The maximum atomic E-state index is 12.8. The van der Waals surface area contributed by atoms with Gasteiger partial charge in [-0.05, 0) is 128 Å². The van der Waals surface area contributed by atoms with Crippen molar-refractivity contribution in [3.8, 4) is 0 Å². The number of ether oxygens (including phenoxy) is 3. The van der Waals surface area contributed by atoms with Gasteiger partial charge in [0.2, 0.25) is 0 Å². The van der Waals surface area contributed by atoms with E-state index in [2.05, 4.69) is 154 Å². The van der Waals surface area contributed by atoms with Crippen LogP contribution in [0.15, 0.2) is 134 Å². The molecule has 0 aliphatic heterocycles. The van der Waals surface area contributed by atoms with E-state index >= 15 is 0 Å². The van der Waals surface area contributed by atoms with Gasteiger partial charge in [0, 0.05) is 19.3 Å². The first-order chi connectivity index (χ1) is 34.0. The second-order valence-electron chi connectivity index (χ2n) is 17.7. The Morgan fingerprint density at radius 3 is 0.986 bits per heavy atom. The molecule has 6 heteroatoms. The van der Waals surface area contributed by atoms with E-state index in [0.29, 0.717) is 25.7 Å². The zero-order valence-electron chi connectivity index (χ0n) is 44.3. The summed E-state index contributed by atoms with van der Waals surface area (Å²) in [5, 5.41) is 0. The highest BCUT2D eigenvalue weighted by atomic mass is 16.6. The smallest absolute Gasteiger partial charge is 0.306 e. The number of hydrogen-bond donors (Lipinski definition) is 0. The van der Waals surface area contributed by atoms with Crippen molar-refractivity contribution in [2.75, 3.05) is 13.2 Å². The van der Waals surface area contributed by atoms with Crippen molar-refractivity contribution in [3.63, 3.8) is 0 Å². The highest BCUT2D eigenvalue weighted by Gasteiger charge is 2.19. The molecule has 0 N–H and O–H groups in total. The molecule has 0 aromatic heterocycles. The van der Waals surface area contributed by atoms with Gasteiger partial charge in [-0.25, -0.2) is 0 Å². The molecule has 0 aliphatic carbocycles. The Labute approximate surface area is 424 Å². The standard InChI is InChI=1S/C63H100O6/c1-4-7-10-13-16-19-22-24-26-27-28-29-30-31-32-33-34-35-36-37-38-40-41-44-47-50-53-56-62(65)68-59-60(58-67-61(64)55-52-49-46-43-21-18-15-12-9-6-3)69-63(66)57-54-51-48-45-42-39-25-23-20-17-14-11-8-5-2/h7,10,12,14-17,19,23-26,28-29,31-32,34-35,37-38,41,44,60H,4-6,8-9,11,13,18,20-22,27,30,33,36,39-40,42-43,45-59H2,1-3H3/b10-7-,15-12-,17-14-,19-16-,25-23-,26-24-,29-28-,32-31-,35-34-,38-37-,44-41-. The van der Waals surface area contributed by atoms with Gasteiger partial charge in [0.15, 0.2) is 6.10 Å². The first kappa shape index (κ1) is 64.5. The number of allylic oxidation sites excluding steroid dienone is 22. The molecule has 0 bridgehead atoms. The van der Waals surface area contributed by atoms with Gasteiger partial charge < -0.3 is 14.2 Å². The van der Waals surface area contributed by atoms with Crippen molar-refractivity contribution in [2.24, 2.45) is 0 Å². The lowest BCUT2D eigenvalue weighted by Crippen LogP contribution is -2.30. The van der Waals surface area contributed by atoms with Crippen LogP contribution < -0.4 is 0 Å². The van der Waals surface area contributed by atoms with Crippen LogP contribution in [0, 0.1) is 0 Å². The Morgan fingerprint density at radius 2 is 0.594 bits per heavy atom. The van der Waals surface area contributed by atoms with Crippen LogP contribution in [0.25, 0.3) is 0 Å². The zero-order chi connectivity index (χ0) is 50.0. The number of rotatable bonds is 48. The minimum Gasteiger partial charge on any atom is -0.462 e. The molecule has 1 atom stereocenters. The summed E-state index contributed by atoms with van der Waals surface area (Å²) in [6, 6.07) is 0. The molecule has 0 rings (SSSR count). The monoisotopic (exact) mass is 953 g/mol. The highest BCUT2D eigenvalue weighted by molar-refractivity contribution is 5.71. The fourth-order valence-corrected chi connectivity index (χ4v) is 6.95. The first-order valence-corrected chi connectivity index (χ1v) is 27.7. The largest absolute Gasteiger partial charge is 0.462 e. The second-order valence-corrected chi connectivity index (χ2v) is 17.7. The predicted octanol–water partition coefficient (Wildman–Crippen LogP) is 18.6. The number of unbranched alkanes of at least 4 members (excludes halogenated alkanes) is 15. The number of carbonyl (C=O) groups excluding carboxylic acids is 3. The maximum absolute atomic E-state index is 12.8. The molecule has 0 amide bonds. The molecule has 0 aromatic carbocycles. The third kappa shape index (κ3) is 54.4. The Morgan fingerprint density at radius 1 is 0.304 bits per heavy atom. The third-order valence-corrected chi connectivity index (χ3v) is 11.1. The Balaban J connectivity index is 4.41. The van der Waals surface area contributed by atoms with Crippen LogP contribution in [-0.2, 0) is 28.6 Å². The summed E-state index contributed by atoms with van der Waals surface area (Å²) in [4.78, 5) is 38.0. The minimum absolute atomic E-state index is 0.107. The molecule has 0 spiro atoms. The van der Waals surface area contributed by atoms with Gasteiger partial charge in [-0.1, -0.05) is 212 Å². The number of esters is 3. The molecule has 388 valence electrons. The van der Waals surface area contributed by atoms with Gasteiger partial charge >= 0.3 is 17.9 Å². The second kappa shape index (κ2) is 56.1. The summed E-state index contributed by atoms with van der Waals surface area (Å²) in [6.45, 7) is 6.34. The molecule has 0 saturated heterocycles. The van der Waals surface area contributed by atoms with E-state index in [1.165, 1.54) is 32.1 Å². The van der Waals surface area contributed by atoms with Crippen LogP contribution in [0.2, 0.25) is 0 Å². The van der Waals surface area contributed by atoms with E-state index < -0.39 is 6.10 Å². The molecule has 1 unspecified atom stereocenters. The van der Waals surface area contributed by atoms with Gasteiger partial charge in [-0.3, -0.25) is 14.4 Å². The van der Waals surface area contributed by atoms with Gasteiger partial charge in [0.1, 0.15) is 13.2 Å². The van der Waals surface area contributed by atoms with Crippen molar-refractivity contribution in [3.05, 3.63) is 134 Å². The fourth-order valence-electron chi connectivity index (χ4n) is 6.95. The summed E-state index contributed by atoms with van der Waals surface area (Å²) >= 11 is 0. The predicted molar refractivity (Wildman–Crippen MR) is 297 cm³/mol. The molecule has 69 heavy (non-hydrogen) atoms. The van der Waals surface area contributed by atoms with E-state index in [4.69, 9.17) is 14.2 Å². The van der Waals surface area contributed by atoms with Crippen molar-refractivity contribution in [1.29, 1.82) is 0 Å². The Kier molecular flexibility index (Phi) is 52.5. The zero-order valence-corrected chi connectivity index (χ0v) is 44.3. The molecular weight excluding hydrogens is 853 g/mol. The van der Waals surface area contributed by atoms with Gasteiger partial charge in [-0.15, -0.1) is 0 Å². The third-order valence-electron chi connectivity index (χ3n) is 11.1. The Hall–Kier alpha value is -4.45. The van der Waals surface area contributed by atoms with Crippen LogP contribution in [0.4, 0.5) is 0 Å². The Bertz CT molecular complexity index is 1510. The van der Waals surface area contributed by atoms with E-state index in [-0.39, 0.29) is 31.1 Å². The summed E-state index contributed by atoms with van der Waals surface area (Å²) in [5.74, 6) is -0.985. The molecule has 0 heterocycles. The lowest BCUT2D eigenvalue weighted by molar-refractivity contribution is -0.167. The van der Waals surface area contributed by atoms with E-state index in [0.717, 1.165) is 148 Å². The summed E-state index contributed by atoms with van der Waals surface area (Å²) in [7, 11) is 0. The molecular formula is C63H100O6. The molecule has 0 fully saturated rings. The molecule has 0 aliphatic rings. The molecule has 6 nitrogen and oxygen atoms in total. The van der Waals surface area contributed by atoms with Crippen LogP contribution >= 0.6 is 0 Å². The van der Waals surface area contributed by atoms with Gasteiger partial charge in [-0.2, -0.15) is 0 Å². The lowest BCUT2D eigenvalue weighted by atomic mass is 10.1. The molecule has 0 radical (unpaired) electrons. The number of carbonyl (C=O) groups is 3. The van der Waals surface area contributed by atoms with Gasteiger partial charge in [0.05, 0.1) is 0 Å². The summed E-state index contributed by atoms with van der Waals surface area (Å²) < 4.78 is 16.7. The van der Waals surface area contributed by atoms with Crippen molar-refractivity contribution in [1.82, 2.24) is 0 Å². The number of hydrogen-bond acceptors (Lipinski definition) is 6. The molecule has 0 aromatic rings. The highest BCUT2D eigenvalue weighted by Crippen LogP contribution is 2.12. The van der Waals surface area contributed by atoms with Crippen LogP contribution in [0.5, 0.6) is 0 Å². The normalized spacial score (nSPS) is 13.1. The van der Waals surface area contributed by atoms with Crippen molar-refractivity contribution >= 4 is 17.9 Å². The summed E-state index contributed by atoms with van der Waals surface area (Å²) in [6.07, 6.45) is 78.8. The van der Waals surface area contributed by atoms with E-state index in [1.807, 2.05) is 0 Å². The summed E-state index contributed by atoms with van der Waals surface area (Å²) in [5.41, 5.74) is 0. The van der Waals surface area contributed by atoms with Crippen LogP contribution in [0.1, 0.15) is 226 Å². The van der Waals surface area contributed by atoms with Crippen LogP contribution in [0.3, 0.4) is 0 Å². The quantitative estimate of drug-likeness (QED) is 0.0262. The van der Waals surface area contributed by atoms with E-state index in [9.17, 15) is 14.4 Å². The van der Waals surface area contributed by atoms with Crippen molar-refractivity contribution < 1.29 is 28.6 Å². The van der Waals surface area contributed by atoms with E-state index in [1.54, 1.807) is 0 Å². The SMILES string of the molecule is CC/C=C\C/C=C\C/C=C\C/C=C\C/C=C\C/C=C\C/C=C\C/C=C\CCCCC(=O)OCC(COC(=O)CCCCCCC/C=C\CCC)OC(=O)CCCCCCC/C=C\C/C=C\CCCC. The van der Waals surface area contributed by atoms with Crippen molar-refractivity contribution in [2.45, 2.75) is 232 Å². The van der Waals surface area contributed by atoms with Crippen LogP contribution in [-0.4, -0.2) is 37.2 Å². The topological polar surface area (TPSA) is 78.9 Å². The first-order valence-electron chi connectivity index (χ1n) is 27.7. The molecule has 0 saturated carbocycles. The average molecular weight is 953 g/mol. The fraction of sp³-hybridized carbons (Fsp3) is 0.603. The lowest BCUT2D eigenvalue weighted by Gasteiger charge is -2.18. The average Bonchev–Trinajstić information content (AvgIpc) is 3.35. The maximum Gasteiger partial charge on any atom is 0.306 e. The minimum atomic E-state index is -0.810. The van der Waals surface area contributed by atoms with Gasteiger partial charge in [0.25, 0.3) is 0 Å².